The lowest BCUT2D eigenvalue weighted by atomic mass is 9.76. The van der Waals surface area contributed by atoms with E-state index in [9.17, 15) is 4.79 Å². The lowest BCUT2D eigenvalue weighted by Crippen LogP contribution is -2.52. The molecule has 0 aromatic heterocycles. The molecule has 2 fully saturated rings. The molecule has 0 spiro atoms. The summed E-state index contributed by atoms with van der Waals surface area (Å²) in [4.78, 5) is 15.5. The second-order valence-corrected chi connectivity index (χ2v) is 7.04. The number of piperidine rings is 1. The van der Waals surface area contributed by atoms with Gasteiger partial charge in [0.1, 0.15) is 0 Å². The normalized spacial score (nSPS) is 23.4. The Morgan fingerprint density at radius 2 is 2.00 bits per heavy atom. The van der Waals surface area contributed by atoms with Crippen molar-refractivity contribution in [3.63, 3.8) is 0 Å². The van der Waals surface area contributed by atoms with Gasteiger partial charge in [-0.05, 0) is 45.2 Å². The molecule has 1 heterocycles. The van der Waals surface area contributed by atoms with Crippen molar-refractivity contribution in [1.82, 2.24) is 10.2 Å². The van der Waals surface area contributed by atoms with Gasteiger partial charge in [-0.1, -0.05) is 42.7 Å². The van der Waals surface area contributed by atoms with E-state index in [0.29, 0.717) is 11.9 Å². The van der Waals surface area contributed by atoms with E-state index < -0.39 is 0 Å². The monoisotopic (exact) mass is 336 g/mol. The number of amides is 1. The maximum atomic E-state index is 13.4. The molecule has 1 N–H and O–H groups in total. The molecular weight excluding hydrogens is 308 g/mol. The summed E-state index contributed by atoms with van der Waals surface area (Å²) >= 11 is 0. The van der Waals surface area contributed by atoms with Crippen LogP contribution in [0.2, 0.25) is 0 Å². The van der Waals surface area contributed by atoms with Gasteiger partial charge < -0.3 is 10.2 Å². The first-order valence-electron chi connectivity index (χ1n) is 8.69. The maximum absolute atomic E-state index is 13.4. The van der Waals surface area contributed by atoms with Gasteiger partial charge in [-0.25, -0.2) is 0 Å². The number of likely N-dealkylation sites (N-methyl/N-ethyl adjacent to an activating group) is 1. The van der Waals surface area contributed by atoms with Gasteiger partial charge in [0.05, 0.1) is 5.41 Å². The Hall–Kier alpha value is -1.06. The number of aryl methyl sites for hydroxylation is 1. The largest absolute Gasteiger partial charge is 0.340 e. The van der Waals surface area contributed by atoms with Gasteiger partial charge in [-0.2, -0.15) is 0 Å². The van der Waals surface area contributed by atoms with Crippen molar-refractivity contribution in [2.24, 2.45) is 0 Å². The Kier molecular flexibility index (Phi) is 6.10. The predicted molar refractivity (Wildman–Crippen MR) is 97.2 cm³/mol. The molecule has 1 unspecified atom stereocenters. The Labute approximate surface area is 146 Å². The first kappa shape index (κ1) is 18.3. The molecule has 1 aliphatic carbocycles. The van der Waals surface area contributed by atoms with E-state index in [1.165, 1.54) is 30.4 Å². The van der Waals surface area contributed by atoms with E-state index in [1.807, 2.05) is 7.05 Å². The average Bonchev–Trinajstić information content (AvgIpc) is 3.05. The van der Waals surface area contributed by atoms with Crippen LogP contribution in [0.4, 0.5) is 0 Å². The van der Waals surface area contributed by atoms with Crippen molar-refractivity contribution < 1.29 is 4.79 Å². The highest BCUT2D eigenvalue weighted by Gasteiger charge is 2.45. The number of likely N-dealkylation sites (tertiary alicyclic amines) is 1. The molecule has 2 aliphatic rings. The van der Waals surface area contributed by atoms with E-state index in [4.69, 9.17) is 0 Å². The average molecular weight is 337 g/mol. The Morgan fingerprint density at radius 1 is 1.26 bits per heavy atom. The Balaban J connectivity index is 0.00000192. The molecule has 1 saturated carbocycles. The van der Waals surface area contributed by atoms with E-state index in [2.05, 4.69) is 41.4 Å². The van der Waals surface area contributed by atoms with Crippen molar-refractivity contribution in [3.8, 4) is 0 Å². The van der Waals surface area contributed by atoms with Gasteiger partial charge in [0, 0.05) is 19.1 Å². The second kappa shape index (κ2) is 7.67. The van der Waals surface area contributed by atoms with Crippen LogP contribution in [-0.2, 0) is 10.2 Å². The molecule has 23 heavy (non-hydrogen) atoms. The van der Waals surface area contributed by atoms with E-state index >= 15 is 0 Å². The maximum Gasteiger partial charge on any atom is 0.233 e. The van der Waals surface area contributed by atoms with Gasteiger partial charge in [-0.15, -0.1) is 12.4 Å². The number of nitrogens with one attached hydrogen (secondary N) is 1. The zero-order valence-corrected chi connectivity index (χ0v) is 15.1. The van der Waals surface area contributed by atoms with Gasteiger partial charge in [0.15, 0.2) is 0 Å². The molecule has 3 nitrogen and oxygen atoms in total. The number of hydrogen-bond acceptors (Lipinski definition) is 2. The van der Waals surface area contributed by atoms with Crippen molar-refractivity contribution in [2.45, 2.75) is 56.9 Å². The second-order valence-electron chi connectivity index (χ2n) is 7.04. The minimum Gasteiger partial charge on any atom is -0.340 e. The predicted octanol–water partition coefficient (Wildman–Crippen LogP) is 3.44. The third-order valence-corrected chi connectivity index (χ3v) is 5.55. The van der Waals surface area contributed by atoms with Crippen LogP contribution >= 0.6 is 12.4 Å². The van der Waals surface area contributed by atoms with Crippen LogP contribution in [0.3, 0.4) is 0 Å². The minimum absolute atomic E-state index is 0. The first-order valence-corrected chi connectivity index (χ1v) is 8.69. The highest BCUT2D eigenvalue weighted by atomic mass is 35.5. The number of carbonyl (C=O) groups excluding carboxylic acids is 1. The lowest BCUT2D eigenvalue weighted by molar-refractivity contribution is -0.138. The summed E-state index contributed by atoms with van der Waals surface area (Å²) in [6.07, 6.45) is 6.65. The van der Waals surface area contributed by atoms with E-state index in [0.717, 1.165) is 32.4 Å². The van der Waals surface area contributed by atoms with E-state index in [-0.39, 0.29) is 17.8 Å². The number of halogens is 1. The van der Waals surface area contributed by atoms with Crippen molar-refractivity contribution >= 4 is 18.3 Å². The van der Waals surface area contributed by atoms with Crippen LogP contribution in [0.5, 0.6) is 0 Å². The number of nitrogens with zero attached hydrogens (tertiary/aromatic N) is 1. The van der Waals surface area contributed by atoms with E-state index in [1.54, 1.807) is 0 Å². The molecule has 1 aromatic carbocycles. The summed E-state index contributed by atoms with van der Waals surface area (Å²) in [6.45, 7) is 3.90. The quantitative estimate of drug-likeness (QED) is 0.917. The molecule has 4 heteroatoms. The standard InChI is InChI=1S/C19H28N2O.ClH/c1-15-7-5-8-16(13-15)19(10-3-4-11-19)18(22)21-12-6-9-17(14-21)20-2;/h5,7-8,13,17,20H,3-4,6,9-12,14H2,1-2H3;1H. The Bertz CT molecular complexity index is 540. The molecule has 1 aliphatic heterocycles. The summed E-state index contributed by atoms with van der Waals surface area (Å²) in [5.74, 6) is 0.371. The number of rotatable bonds is 3. The molecule has 3 rings (SSSR count). The Morgan fingerprint density at radius 3 is 2.65 bits per heavy atom. The third kappa shape index (κ3) is 3.56. The van der Waals surface area contributed by atoms with Gasteiger partial charge in [-0.3, -0.25) is 4.79 Å². The summed E-state index contributed by atoms with van der Waals surface area (Å²) < 4.78 is 0. The van der Waals surface area contributed by atoms with Gasteiger partial charge in [0.2, 0.25) is 5.91 Å². The summed E-state index contributed by atoms with van der Waals surface area (Å²) in [5.41, 5.74) is 2.23. The molecule has 0 radical (unpaired) electrons. The molecule has 0 bridgehead atoms. The number of benzene rings is 1. The van der Waals surface area contributed by atoms with Gasteiger partial charge in [0.25, 0.3) is 0 Å². The first-order chi connectivity index (χ1) is 10.7. The fourth-order valence-electron chi connectivity index (χ4n) is 4.25. The SMILES string of the molecule is CNC1CCCN(C(=O)C2(c3cccc(C)c3)CCCC2)C1.Cl. The zero-order valence-electron chi connectivity index (χ0n) is 14.3. The summed E-state index contributed by atoms with van der Waals surface area (Å²) in [6, 6.07) is 9.06. The number of carbonyl (C=O) groups is 1. The lowest BCUT2D eigenvalue weighted by Gasteiger charge is -2.39. The fourth-order valence-corrected chi connectivity index (χ4v) is 4.25. The van der Waals surface area contributed by atoms with Crippen LogP contribution < -0.4 is 5.32 Å². The van der Waals surface area contributed by atoms with Crippen LogP contribution in [0.1, 0.15) is 49.7 Å². The van der Waals surface area contributed by atoms with Crippen LogP contribution in [0, 0.1) is 6.92 Å². The van der Waals surface area contributed by atoms with Crippen LogP contribution in [-0.4, -0.2) is 37.0 Å². The third-order valence-electron chi connectivity index (χ3n) is 5.55. The smallest absolute Gasteiger partial charge is 0.233 e. The van der Waals surface area contributed by atoms with Crippen molar-refractivity contribution in [2.75, 3.05) is 20.1 Å². The van der Waals surface area contributed by atoms with Crippen LogP contribution in [0.15, 0.2) is 24.3 Å². The van der Waals surface area contributed by atoms with Gasteiger partial charge >= 0.3 is 0 Å². The van der Waals surface area contributed by atoms with Crippen molar-refractivity contribution in [1.29, 1.82) is 0 Å². The summed E-state index contributed by atoms with van der Waals surface area (Å²) in [7, 11) is 2.00. The zero-order chi connectivity index (χ0) is 15.6. The highest BCUT2D eigenvalue weighted by molar-refractivity contribution is 5.89. The molecule has 1 amide bonds. The molecule has 1 atom stereocenters. The van der Waals surface area contributed by atoms with Crippen LogP contribution in [0.25, 0.3) is 0 Å². The highest BCUT2D eigenvalue weighted by Crippen LogP contribution is 2.43. The van der Waals surface area contributed by atoms with Crippen molar-refractivity contribution in [3.05, 3.63) is 35.4 Å². The summed E-state index contributed by atoms with van der Waals surface area (Å²) in [5, 5.41) is 3.35. The topological polar surface area (TPSA) is 32.3 Å². The number of hydrogen-bond donors (Lipinski definition) is 1. The fraction of sp³-hybridized carbons (Fsp3) is 0.632. The minimum atomic E-state index is -0.262. The molecule has 128 valence electrons. The molecule has 1 saturated heterocycles. The molecular formula is C19H29ClN2O. The molecule has 1 aromatic rings.